The third-order valence-corrected chi connectivity index (χ3v) is 1.02. The van der Waals surface area contributed by atoms with Crippen molar-refractivity contribution in [1.82, 2.24) is 0 Å². The molecule has 0 saturated heterocycles. The number of rotatable bonds is 1. The van der Waals surface area contributed by atoms with Crippen molar-refractivity contribution in [2.45, 2.75) is 0 Å². The van der Waals surface area contributed by atoms with Crippen LogP contribution in [0.5, 0.6) is 0 Å². The Labute approximate surface area is 77.7 Å². The molecular weight excluding hydrogens is 295 g/mol. The van der Waals surface area contributed by atoms with Crippen LogP contribution in [-0.4, -0.2) is 11.1 Å². The van der Waals surface area contributed by atoms with Crippen LogP contribution in [0.2, 0.25) is 0 Å². The minimum Gasteiger partial charge on any atom is -0.478 e. The van der Waals surface area contributed by atoms with Gasteiger partial charge in [-0.25, -0.2) is 4.79 Å². The smallest absolute Gasteiger partial charge is 0.335 e. The predicted molar refractivity (Wildman–Crippen MR) is 33.4 cm³/mol. The summed E-state index contributed by atoms with van der Waals surface area (Å²) < 4.78 is 0. The summed E-state index contributed by atoms with van der Waals surface area (Å²) in [5.74, 6) is -0.879. The van der Waals surface area contributed by atoms with Gasteiger partial charge in [-0.15, -0.1) is 0 Å². The molecule has 50 valence electrons. The first-order valence-electron chi connectivity index (χ1n) is 2.59. The minimum absolute atomic E-state index is 0. The van der Waals surface area contributed by atoms with E-state index in [0.717, 1.165) is 0 Å². The number of hydrogen-bond donors (Lipinski definition) is 1. The van der Waals surface area contributed by atoms with E-state index < -0.39 is 5.97 Å². The number of benzene rings is 1. The Morgan fingerprint density at radius 1 is 1.20 bits per heavy atom. The minimum atomic E-state index is -0.879. The van der Waals surface area contributed by atoms with Gasteiger partial charge in [-0.05, 0) is 12.1 Å². The van der Waals surface area contributed by atoms with Gasteiger partial charge in [0.05, 0.1) is 5.56 Å². The average Bonchev–Trinajstić information content (AvgIpc) is 1.90. The van der Waals surface area contributed by atoms with E-state index >= 15 is 0 Å². The topological polar surface area (TPSA) is 37.3 Å². The second-order valence-corrected chi connectivity index (χ2v) is 1.67. The van der Waals surface area contributed by atoms with Gasteiger partial charge in [0, 0.05) is 25.8 Å². The molecule has 2 nitrogen and oxygen atoms in total. The Morgan fingerprint density at radius 2 is 1.70 bits per heavy atom. The molecule has 0 aliphatic heterocycles. The van der Waals surface area contributed by atoms with Gasteiger partial charge in [-0.1, -0.05) is 18.2 Å². The van der Waals surface area contributed by atoms with Crippen molar-refractivity contribution in [3.63, 3.8) is 0 Å². The van der Waals surface area contributed by atoms with Crippen LogP contribution in [0.4, 0.5) is 0 Å². The molecule has 0 bridgehead atoms. The summed E-state index contributed by atoms with van der Waals surface area (Å²) in [5.41, 5.74) is 0.331. The maximum atomic E-state index is 10.2. The molecular formula is C7H6HfO2. The van der Waals surface area contributed by atoms with Crippen LogP contribution in [0, 0.1) is 0 Å². The van der Waals surface area contributed by atoms with E-state index in [0.29, 0.717) is 5.56 Å². The van der Waals surface area contributed by atoms with Crippen LogP contribution in [0.25, 0.3) is 0 Å². The van der Waals surface area contributed by atoms with Gasteiger partial charge in [-0.3, -0.25) is 0 Å². The van der Waals surface area contributed by atoms with Gasteiger partial charge in [0.15, 0.2) is 0 Å². The Balaban J connectivity index is 0.000000810. The summed E-state index contributed by atoms with van der Waals surface area (Å²) >= 11 is 0. The summed E-state index contributed by atoms with van der Waals surface area (Å²) in [4.78, 5) is 10.2. The number of carboxylic acids is 1. The Kier molecular flexibility index (Phi) is 4.19. The first kappa shape index (κ1) is 9.56. The van der Waals surface area contributed by atoms with E-state index in [4.69, 9.17) is 5.11 Å². The van der Waals surface area contributed by atoms with E-state index in [1.54, 1.807) is 30.3 Å². The molecule has 1 rings (SSSR count). The normalized spacial score (nSPS) is 8.00. The molecule has 0 atom stereocenters. The van der Waals surface area contributed by atoms with Crippen molar-refractivity contribution >= 4 is 5.97 Å². The number of carboxylic acid groups (broad SMARTS) is 1. The maximum Gasteiger partial charge on any atom is 0.335 e. The van der Waals surface area contributed by atoms with Crippen LogP contribution in [0.3, 0.4) is 0 Å². The van der Waals surface area contributed by atoms with Gasteiger partial charge in [0.25, 0.3) is 0 Å². The second kappa shape index (κ2) is 4.39. The summed E-state index contributed by atoms with van der Waals surface area (Å²) in [6.07, 6.45) is 0. The van der Waals surface area contributed by atoms with E-state index in [2.05, 4.69) is 0 Å². The SMILES string of the molecule is O=C(O)c1ccccc1.[Hf]. The standard InChI is InChI=1S/C7H6O2.Hf/c8-7(9)6-4-2-1-3-5-6;/h1-5H,(H,8,9);. The van der Waals surface area contributed by atoms with Gasteiger partial charge in [-0.2, -0.15) is 0 Å². The second-order valence-electron chi connectivity index (χ2n) is 1.67. The molecule has 0 unspecified atom stereocenters. The molecule has 1 aromatic carbocycles. The third kappa shape index (κ3) is 2.43. The number of aromatic carboxylic acids is 1. The largest absolute Gasteiger partial charge is 0.478 e. The summed E-state index contributed by atoms with van der Waals surface area (Å²) in [7, 11) is 0. The zero-order valence-corrected chi connectivity index (χ0v) is 8.83. The molecule has 0 aliphatic carbocycles. The van der Waals surface area contributed by atoms with Crippen molar-refractivity contribution in [1.29, 1.82) is 0 Å². The van der Waals surface area contributed by atoms with Gasteiger partial charge in [0.1, 0.15) is 0 Å². The van der Waals surface area contributed by atoms with Crippen molar-refractivity contribution < 1.29 is 35.7 Å². The zero-order valence-electron chi connectivity index (χ0n) is 5.24. The Hall–Kier alpha value is -0.440. The van der Waals surface area contributed by atoms with E-state index in [-0.39, 0.29) is 25.8 Å². The Bertz CT molecular complexity index is 208. The molecule has 10 heavy (non-hydrogen) atoms. The van der Waals surface area contributed by atoms with Crippen LogP contribution >= 0.6 is 0 Å². The fraction of sp³-hybridized carbons (Fsp3) is 0. The zero-order chi connectivity index (χ0) is 6.69. The van der Waals surface area contributed by atoms with Gasteiger partial charge < -0.3 is 5.11 Å². The van der Waals surface area contributed by atoms with Gasteiger partial charge >= 0.3 is 5.97 Å². The predicted octanol–water partition coefficient (Wildman–Crippen LogP) is 1.38. The fourth-order valence-electron chi connectivity index (χ4n) is 0.581. The van der Waals surface area contributed by atoms with Crippen LogP contribution < -0.4 is 0 Å². The third-order valence-electron chi connectivity index (χ3n) is 1.02. The van der Waals surface area contributed by atoms with Crippen molar-refractivity contribution in [3.8, 4) is 0 Å². The summed E-state index contributed by atoms with van der Waals surface area (Å²) in [6, 6.07) is 8.30. The Morgan fingerprint density at radius 3 is 2.00 bits per heavy atom. The molecule has 0 spiro atoms. The molecule has 0 fully saturated rings. The molecule has 1 N–H and O–H groups in total. The molecule has 0 radical (unpaired) electrons. The molecule has 3 heteroatoms. The molecule has 1 aromatic rings. The quantitative estimate of drug-likeness (QED) is 0.796. The molecule has 0 heterocycles. The molecule has 0 saturated carbocycles. The average molecular weight is 301 g/mol. The van der Waals surface area contributed by atoms with Crippen LogP contribution in [0.15, 0.2) is 30.3 Å². The van der Waals surface area contributed by atoms with Gasteiger partial charge in [0.2, 0.25) is 0 Å². The van der Waals surface area contributed by atoms with Crippen molar-refractivity contribution in [3.05, 3.63) is 35.9 Å². The van der Waals surface area contributed by atoms with E-state index in [9.17, 15) is 4.79 Å². The van der Waals surface area contributed by atoms with E-state index in [1.165, 1.54) is 0 Å². The monoisotopic (exact) mass is 302 g/mol. The fourth-order valence-corrected chi connectivity index (χ4v) is 0.581. The molecule has 0 aliphatic rings. The van der Waals surface area contributed by atoms with Crippen LogP contribution in [-0.2, 0) is 25.8 Å². The summed E-state index contributed by atoms with van der Waals surface area (Å²) in [6.45, 7) is 0. The van der Waals surface area contributed by atoms with Crippen LogP contribution in [0.1, 0.15) is 10.4 Å². The van der Waals surface area contributed by atoms with Crippen molar-refractivity contribution in [2.75, 3.05) is 0 Å². The molecule has 0 aromatic heterocycles. The maximum absolute atomic E-state index is 10.2. The molecule has 0 amide bonds. The number of carbonyl (C=O) groups is 1. The van der Waals surface area contributed by atoms with E-state index in [1.807, 2.05) is 0 Å². The number of hydrogen-bond acceptors (Lipinski definition) is 1. The van der Waals surface area contributed by atoms with Crippen molar-refractivity contribution in [2.24, 2.45) is 0 Å². The summed E-state index contributed by atoms with van der Waals surface area (Å²) in [5, 5.41) is 8.38. The first-order chi connectivity index (χ1) is 4.30. The first-order valence-corrected chi connectivity index (χ1v) is 2.59.